The van der Waals surface area contributed by atoms with Gasteiger partial charge in [-0.15, -0.1) is 11.1 Å². The lowest BCUT2D eigenvalue weighted by Crippen LogP contribution is -1.86. The third kappa shape index (κ3) is 2.56. The lowest BCUT2D eigenvalue weighted by Gasteiger charge is -1.95. The van der Waals surface area contributed by atoms with Gasteiger partial charge in [-0.1, -0.05) is 30.3 Å². The largest absolute Gasteiger partial charge is 0.196 e. The molecule has 1 radical (unpaired) electrons. The molecular weight excluding hydrogens is 135 g/mol. The van der Waals surface area contributed by atoms with Crippen molar-refractivity contribution >= 4 is 15.2 Å². The fraction of sp³-hybridized carbons (Fsp3) is 0.333. The normalized spacial score (nSPS) is 9.30. The molecule has 0 nitrogen and oxygen atoms in total. The van der Waals surface area contributed by atoms with Crippen LogP contribution in [0.15, 0.2) is 30.3 Å². The van der Waals surface area contributed by atoms with Crippen LogP contribution in [0.25, 0.3) is 0 Å². The number of hydrogen-bond acceptors (Lipinski definition) is 0. The molecule has 0 saturated carbocycles. The maximum Gasteiger partial charge on any atom is 0.196 e. The van der Waals surface area contributed by atoms with Crippen LogP contribution in [0.5, 0.6) is 0 Å². The molecule has 10 heavy (non-hydrogen) atoms. The van der Waals surface area contributed by atoms with Gasteiger partial charge in [0.05, 0.1) is 0 Å². The summed E-state index contributed by atoms with van der Waals surface area (Å²) >= 11 is 0.677. The molecule has 1 aromatic rings. The second kappa shape index (κ2) is 4.55. The molecule has 0 atom stereocenters. The number of benzene rings is 1. The molecule has 1 aromatic carbocycles. The Morgan fingerprint density at radius 2 is 1.90 bits per heavy atom. The van der Waals surface area contributed by atoms with E-state index >= 15 is 0 Å². The predicted molar refractivity (Wildman–Crippen MR) is 46.6 cm³/mol. The summed E-state index contributed by atoms with van der Waals surface area (Å²) in [7, 11) is 0. The van der Waals surface area contributed by atoms with Crippen LogP contribution in [0.2, 0.25) is 11.1 Å². The van der Waals surface area contributed by atoms with E-state index in [0.717, 1.165) is 0 Å². The van der Waals surface area contributed by atoms with Gasteiger partial charge in [0.2, 0.25) is 0 Å². The second-order valence-corrected chi connectivity index (χ2v) is 3.83. The zero-order chi connectivity index (χ0) is 7.23. The lowest BCUT2D eigenvalue weighted by molar-refractivity contribution is 1.12. The Morgan fingerprint density at radius 1 is 1.20 bits per heavy atom. The number of rotatable bonds is 3. The summed E-state index contributed by atoms with van der Waals surface area (Å²) in [5, 5.41) is 1.39. The molecule has 0 aliphatic heterocycles. The quantitative estimate of drug-likeness (QED) is 0.576. The van der Waals surface area contributed by atoms with Crippen LogP contribution >= 0.6 is 0 Å². The fourth-order valence-corrected chi connectivity index (χ4v) is 1.58. The maximum atomic E-state index is 2.31. The average molecular weight is 147 g/mol. The first kappa shape index (κ1) is 7.86. The Labute approximate surface area is 69.0 Å². The van der Waals surface area contributed by atoms with E-state index in [4.69, 9.17) is 0 Å². The van der Waals surface area contributed by atoms with E-state index in [1.807, 2.05) is 0 Å². The van der Waals surface area contributed by atoms with E-state index < -0.39 is 0 Å². The van der Waals surface area contributed by atoms with Crippen LogP contribution in [0, 0.1) is 0 Å². The molecule has 0 unspecified atom stereocenters. The van der Waals surface area contributed by atoms with Gasteiger partial charge in [-0.3, -0.25) is 0 Å². The third-order valence-corrected chi connectivity index (χ3v) is 2.43. The van der Waals surface area contributed by atoms with E-state index in [1.54, 1.807) is 0 Å². The third-order valence-electron chi connectivity index (χ3n) is 1.56. The van der Waals surface area contributed by atoms with Crippen LogP contribution in [0.1, 0.15) is 5.56 Å². The molecule has 0 aromatic heterocycles. The highest BCUT2D eigenvalue weighted by Crippen LogP contribution is 2.01. The summed E-state index contributed by atoms with van der Waals surface area (Å²) in [5.41, 5.74) is 1.48. The van der Waals surface area contributed by atoms with Gasteiger partial charge < -0.3 is 0 Å². The molecule has 1 heteroatoms. The molecule has 0 saturated heterocycles. The van der Waals surface area contributed by atoms with E-state index in [9.17, 15) is 0 Å². The highest BCUT2D eigenvalue weighted by molar-refractivity contribution is 6.33. The van der Waals surface area contributed by atoms with Gasteiger partial charge in [-0.2, -0.15) is 0 Å². The van der Waals surface area contributed by atoms with Crippen LogP contribution in [-0.2, 0) is 6.42 Å². The Morgan fingerprint density at radius 3 is 2.50 bits per heavy atom. The molecule has 0 N–H and O–H groups in total. The van der Waals surface area contributed by atoms with Crippen molar-refractivity contribution < 1.29 is 0 Å². The van der Waals surface area contributed by atoms with Gasteiger partial charge in [-0.25, -0.2) is 0 Å². The first-order valence-electron chi connectivity index (χ1n) is 3.75. The predicted octanol–water partition coefficient (Wildman–Crippen LogP) is 2.40. The summed E-state index contributed by atoms with van der Waals surface area (Å²) in [5.74, 6) is 2.31. The van der Waals surface area contributed by atoms with Gasteiger partial charge >= 0.3 is 0 Å². The van der Waals surface area contributed by atoms with Crippen molar-refractivity contribution in [3.05, 3.63) is 35.9 Å². The topological polar surface area (TPSA) is 0 Å². The minimum atomic E-state index is 0.677. The molecule has 0 aliphatic carbocycles. The molecule has 0 heterocycles. The first-order valence-corrected chi connectivity index (χ1v) is 5.72. The molecule has 0 fully saturated rings. The van der Waals surface area contributed by atoms with Crippen molar-refractivity contribution in [2.24, 2.45) is 0 Å². The van der Waals surface area contributed by atoms with Gasteiger partial charge in [0.25, 0.3) is 0 Å². The number of hydrogen-bond donors (Lipinski definition) is 0. The molecule has 0 aliphatic rings. The molecule has 1 rings (SSSR count). The van der Waals surface area contributed by atoms with Gasteiger partial charge in [0.15, 0.2) is 15.2 Å². The fourth-order valence-electron chi connectivity index (χ4n) is 0.956. The van der Waals surface area contributed by atoms with E-state index in [2.05, 4.69) is 36.1 Å². The maximum absolute atomic E-state index is 2.31. The standard InChI is InChI=1S/C8H9.CH3.Al/c1-2-8-6-4-3-5-7-8;;/h3-7H,1-2H2;1H3;. The summed E-state index contributed by atoms with van der Waals surface area (Å²) in [6.07, 6.45) is 1.27. The van der Waals surface area contributed by atoms with Crippen LogP contribution in [-0.4, -0.2) is 15.2 Å². The molecule has 0 amide bonds. The van der Waals surface area contributed by atoms with Crippen molar-refractivity contribution in [2.45, 2.75) is 17.5 Å². The van der Waals surface area contributed by atoms with Gasteiger partial charge in [-0.05, 0) is 12.0 Å². The summed E-state index contributed by atoms with van der Waals surface area (Å²) < 4.78 is 0. The van der Waals surface area contributed by atoms with Crippen LogP contribution < -0.4 is 0 Å². The lowest BCUT2D eigenvalue weighted by atomic mass is 10.2. The first-order chi connectivity index (χ1) is 4.93. The Kier molecular flexibility index (Phi) is 3.57. The Balaban J connectivity index is 2.43. The van der Waals surface area contributed by atoms with Crippen LogP contribution in [0.4, 0.5) is 0 Å². The zero-order valence-corrected chi connectivity index (χ0v) is 7.53. The average Bonchev–Trinajstić information content (AvgIpc) is 2.03. The smallest absolute Gasteiger partial charge is 0.115 e. The van der Waals surface area contributed by atoms with E-state index in [0.29, 0.717) is 15.2 Å². The minimum absolute atomic E-state index is 0.677. The highest BCUT2D eigenvalue weighted by atomic mass is 27.1. The Hall–Kier alpha value is -0.248. The number of aryl methyl sites for hydroxylation is 1. The molecule has 0 spiro atoms. The monoisotopic (exact) mass is 147 g/mol. The summed E-state index contributed by atoms with van der Waals surface area (Å²) in [6, 6.07) is 10.7. The SMILES string of the molecule is [CH3][Al][CH2]Cc1ccccc1. The van der Waals surface area contributed by atoms with Gasteiger partial charge in [0.1, 0.15) is 0 Å². The van der Waals surface area contributed by atoms with E-state index in [1.165, 1.54) is 17.3 Å². The van der Waals surface area contributed by atoms with E-state index in [-0.39, 0.29) is 0 Å². The molecular formula is C9H12Al. The highest BCUT2D eigenvalue weighted by Gasteiger charge is 1.88. The van der Waals surface area contributed by atoms with Crippen molar-refractivity contribution in [3.63, 3.8) is 0 Å². The zero-order valence-electron chi connectivity index (χ0n) is 6.38. The van der Waals surface area contributed by atoms with Crippen LogP contribution in [0.3, 0.4) is 0 Å². The minimum Gasteiger partial charge on any atom is -0.115 e. The van der Waals surface area contributed by atoms with Crippen molar-refractivity contribution in [2.75, 3.05) is 0 Å². The van der Waals surface area contributed by atoms with Gasteiger partial charge in [0, 0.05) is 0 Å². The van der Waals surface area contributed by atoms with Crippen molar-refractivity contribution in [1.82, 2.24) is 0 Å². The molecule has 0 bridgehead atoms. The van der Waals surface area contributed by atoms with Crippen molar-refractivity contribution in [1.29, 1.82) is 0 Å². The van der Waals surface area contributed by atoms with Crippen molar-refractivity contribution in [3.8, 4) is 0 Å². The second-order valence-electron chi connectivity index (χ2n) is 2.43. The summed E-state index contributed by atoms with van der Waals surface area (Å²) in [4.78, 5) is 0. The Bertz CT molecular complexity index is 169. The summed E-state index contributed by atoms with van der Waals surface area (Å²) in [6.45, 7) is 0. The molecule has 51 valence electrons.